The molecule has 0 bridgehead atoms. The summed E-state index contributed by atoms with van der Waals surface area (Å²) in [4.78, 5) is 14.5. The first-order valence-electron chi connectivity index (χ1n) is 6.08. The fourth-order valence-electron chi connectivity index (χ4n) is 1.87. The van der Waals surface area contributed by atoms with Crippen LogP contribution >= 0.6 is 11.6 Å². The van der Waals surface area contributed by atoms with E-state index in [0.717, 1.165) is 5.56 Å². The van der Waals surface area contributed by atoms with E-state index in [4.69, 9.17) is 16.9 Å². The second-order valence-corrected chi connectivity index (χ2v) is 4.78. The number of aromatic nitrogens is 1. The van der Waals surface area contributed by atoms with Gasteiger partial charge in [0.05, 0.1) is 11.0 Å². The van der Waals surface area contributed by atoms with E-state index < -0.39 is 4.92 Å². The molecule has 7 heteroatoms. The molecule has 21 heavy (non-hydrogen) atoms. The molecule has 0 saturated carbocycles. The van der Waals surface area contributed by atoms with Crippen molar-refractivity contribution in [2.45, 2.75) is 13.0 Å². The molecule has 1 aromatic carbocycles. The Hall–Kier alpha value is -2.65. The Bertz CT molecular complexity index is 710. The quantitative estimate of drug-likeness (QED) is 0.687. The number of nitrogens with one attached hydrogen (secondary N) is 1. The molecular weight excluding hydrogens is 292 g/mol. The number of nitrogens with zero attached hydrogens (tertiary/aromatic N) is 3. The molecule has 0 aliphatic carbocycles. The van der Waals surface area contributed by atoms with Crippen molar-refractivity contribution in [2.24, 2.45) is 0 Å². The maximum absolute atomic E-state index is 11.1. The summed E-state index contributed by atoms with van der Waals surface area (Å²) in [5.41, 5.74) is 0.555. The van der Waals surface area contributed by atoms with Crippen LogP contribution in [0.3, 0.4) is 0 Å². The molecule has 0 aliphatic heterocycles. The standard InChI is InChI=1S/C14H11ClN4O2/c1-9(10-2-4-12(15)5-3-10)18-14-13(19(20)21)11(8-16)6-7-17-14/h2-7,9H,1H3,(H,17,18). The number of hydrogen-bond donors (Lipinski definition) is 1. The van der Waals surface area contributed by atoms with Crippen LogP contribution in [-0.2, 0) is 0 Å². The zero-order chi connectivity index (χ0) is 15.4. The Labute approximate surface area is 126 Å². The van der Waals surface area contributed by atoms with Crippen LogP contribution in [0.4, 0.5) is 11.5 Å². The summed E-state index contributed by atoms with van der Waals surface area (Å²) in [5.74, 6) is 0.0708. The van der Waals surface area contributed by atoms with E-state index in [1.165, 1.54) is 12.3 Å². The topological polar surface area (TPSA) is 91.8 Å². The molecule has 1 heterocycles. The number of nitro groups is 1. The number of hydrogen-bond acceptors (Lipinski definition) is 5. The SMILES string of the molecule is CC(Nc1nccc(C#N)c1[N+](=O)[O-])c1ccc(Cl)cc1. The summed E-state index contributed by atoms with van der Waals surface area (Å²) < 4.78 is 0. The van der Waals surface area contributed by atoms with Gasteiger partial charge in [0.1, 0.15) is 11.6 Å². The minimum atomic E-state index is -0.609. The molecule has 1 N–H and O–H groups in total. The summed E-state index contributed by atoms with van der Waals surface area (Å²) in [6, 6.07) is 10.0. The van der Waals surface area contributed by atoms with Gasteiger partial charge in [-0.15, -0.1) is 0 Å². The molecule has 0 saturated heterocycles. The number of pyridine rings is 1. The van der Waals surface area contributed by atoms with Crippen molar-refractivity contribution in [3.63, 3.8) is 0 Å². The number of halogens is 1. The molecule has 1 aromatic heterocycles. The normalized spacial score (nSPS) is 11.5. The molecule has 0 radical (unpaired) electrons. The van der Waals surface area contributed by atoms with Crippen LogP contribution in [0, 0.1) is 21.4 Å². The van der Waals surface area contributed by atoms with Gasteiger partial charge in [-0.05, 0) is 30.7 Å². The van der Waals surface area contributed by atoms with Crippen LogP contribution in [0.2, 0.25) is 5.02 Å². The van der Waals surface area contributed by atoms with Gasteiger partial charge >= 0.3 is 5.69 Å². The minimum Gasteiger partial charge on any atom is -0.358 e. The Morgan fingerprint density at radius 1 is 1.38 bits per heavy atom. The highest BCUT2D eigenvalue weighted by atomic mass is 35.5. The van der Waals surface area contributed by atoms with E-state index in [1.54, 1.807) is 18.2 Å². The molecule has 0 spiro atoms. The first-order valence-corrected chi connectivity index (χ1v) is 6.46. The maximum Gasteiger partial charge on any atom is 0.328 e. The lowest BCUT2D eigenvalue weighted by Gasteiger charge is -2.15. The molecular formula is C14H11ClN4O2. The lowest BCUT2D eigenvalue weighted by atomic mass is 10.1. The summed E-state index contributed by atoms with van der Waals surface area (Å²) in [6.07, 6.45) is 1.36. The Balaban J connectivity index is 2.33. The van der Waals surface area contributed by atoms with E-state index in [9.17, 15) is 10.1 Å². The predicted octanol–water partition coefficient (Wildman–Crippen LogP) is 3.69. The molecule has 6 nitrogen and oxygen atoms in total. The van der Waals surface area contributed by atoms with Crippen LogP contribution in [-0.4, -0.2) is 9.91 Å². The van der Waals surface area contributed by atoms with Crippen LogP contribution in [0.1, 0.15) is 24.1 Å². The highest BCUT2D eigenvalue weighted by Gasteiger charge is 2.22. The lowest BCUT2D eigenvalue weighted by molar-refractivity contribution is -0.384. The number of rotatable bonds is 4. The summed E-state index contributed by atoms with van der Waals surface area (Å²) in [6.45, 7) is 1.84. The monoisotopic (exact) mass is 302 g/mol. The molecule has 0 aliphatic rings. The fraction of sp³-hybridized carbons (Fsp3) is 0.143. The van der Waals surface area contributed by atoms with Gasteiger partial charge in [-0.1, -0.05) is 23.7 Å². The van der Waals surface area contributed by atoms with Crippen LogP contribution < -0.4 is 5.32 Å². The smallest absolute Gasteiger partial charge is 0.328 e. The molecule has 106 valence electrons. The Morgan fingerprint density at radius 2 is 2.05 bits per heavy atom. The summed E-state index contributed by atoms with van der Waals surface area (Å²) >= 11 is 5.82. The third kappa shape index (κ3) is 3.27. The van der Waals surface area contributed by atoms with E-state index in [1.807, 2.05) is 19.1 Å². The Kier molecular flexibility index (Phi) is 4.36. The average molecular weight is 303 g/mol. The van der Waals surface area contributed by atoms with Crippen molar-refractivity contribution < 1.29 is 4.92 Å². The maximum atomic E-state index is 11.1. The van der Waals surface area contributed by atoms with Crippen LogP contribution in [0.25, 0.3) is 0 Å². The van der Waals surface area contributed by atoms with Crippen molar-refractivity contribution in [1.82, 2.24) is 4.98 Å². The molecule has 0 amide bonds. The zero-order valence-corrected chi connectivity index (χ0v) is 11.8. The van der Waals surface area contributed by atoms with E-state index in [0.29, 0.717) is 5.02 Å². The molecule has 1 atom stereocenters. The third-order valence-electron chi connectivity index (χ3n) is 2.95. The first kappa shape index (κ1) is 14.8. The van der Waals surface area contributed by atoms with Gasteiger partial charge in [-0.25, -0.2) is 4.98 Å². The van der Waals surface area contributed by atoms with Gasteiger partial charge in [-0.2, -0.15) is 5.26 Å². The second-order valence-electron chi connectivity index (χ2n) is 4.34. The van der Waals surface area contributed by atoms with Gasteiger partial charge in [0.15, 0.2) is 0 Å². The van der Waals surface area contributed by atoms with Gasteiger partial charge in [0, 0.05) is 11.2 Å². The molecule has 2 aromatic rings. The third-order valence-corrected chi connectivity index (χ3v) is 3.20. The second kappa shape index (κ2) is 6.20. The number of anilines is 1. The fourth-order valence-corrected chi connectivity index (χ4v) is 2.00. The average Bonchev–Trinajstić information content (AvgIpc) is 2.47. The largest absolute Gasteiger partial charge is 0.358 e. The summed E-state index contributed by atoms with van der Waals surface area (Å²) in [5, 5.41) is 23.6. The van der Waals surface area contributed by atoms with Gasteiger partial charge < -0.3 is 5.32 Å². The lowest BCUT2D eigenvalue weighted by Crippen LogP contribution is -2.10. The van der Waals surface area contributed by atoms with E-state index >= 15 is 0 Å². The molecule has 1 unspecified atom stereocenters. The highest BCUT2D eigenvalue weighted by molar-refractivity contribution is 6.30. The van der Waals surface area contributed by atoms with Crippen LogP contribution in [0.15, 0.2) is 36.5 Å². The summed E-state index contributed by atoms with van der Waals surface area (Å²) in [7, 11) is 0. The van der Waals surface area contributed by atoms with Crippen molar-refractivity contribution in [2.75, 3.05) is 5.32 Å². The Morgan fingerprint density at radius 3 is 2.62 bits per heavy atom. The predicted molar refractivity (Wildman–Crippen MR) is 79.1 cm³/mol. The van der Waals surface area contributed by atoms with Crippen LogP contribution in [0.5, 0.6) is 0 Å². The molecule has 0 fully saturated rings. The van der Waals surface area contributed by atoms with E-state index in [2.05, 4.69) is 10.3 Å². The van der Waals surface area contributed by atoms with E-state index in [-0.39, 0.29) is 23.1 Å². The van der Waals surface area contributed by atoms with Crippen molar-refractivity contribution in [3.05, 3.63) is 62.8 Å². The minimum absolute atomic E-state index is 0.0270. The van der Waals surface area contributed by atoms with Crippen molar-refractivity contribution >= 4 is 23.1 Å². The number of nitriles is 1. The van der Waals surface area contributed by atoms with Crippen molar-refractivity contribution in [3.8, 4) is 6.07 Å². The first-order chi connectivity index (χ1) is 10.0. The number of benzene rings is 1. The molecule has 2 rings (SSSR count). The zero-order valence-electron chi connectivity index (χ0n) is 11.1. The van der Waals surface area contributed by atoms with Gasteiger partial charge in [0.25, 0.3) is 0 Å². The van der Waals surface area contributed by atoms with Gasteiger partial charge in [0.2, 0.25) is 5.82 Å². The van der Waals surface area contributed by atoms with Gasteiger partial charge in [-0.3, -0.25) is 10.1 Å². The van der Waals surface area contributed by atoms with Crippen molar-refractivity contribution in [1.29, 1.82) is 5.26 Å². The highest BCUT2D eigenvalue weighted by Crippen LogP contribution is 2.29.